The van der Waals surface area contributed by atoms with Gasteiger partial charge < -0.3 is 14.0 Å². The molecule has 0 fully saturated rings. The van der Waals surface area contributed by atoms with Crippen LogP contribution in [0, 0.1) is 13.8 Å². The van der Waals surface area contributed by atoms with Gasteiger partial charge in [0.05, 0.1) is 12.9 Å². The SMILES string of the molecule is CO/N=C(/C(=O)OC)c1ccccc1CSc1nnc(CSc2nc3nc(C)cc(C)n3n2)o1. The maximum absolute atomic E-state index is 12.1. The third kappa shape index (κ3) is 5.37. The Morgan fingerprint density at radius 2 is 1.94 bits per heavy atom. The topological polar surface area (TPSA) is 130 Å². The minimum Gasteiger partial charge on any atom is -0.464 e. The maximum atomic E-state index is 12.1. The van der Waals surface area contributed by atoms with E-state index in [1.54, 1.807) is 10.6 Å². The number of ether oxygens (including phenoxy) is 1. The van der Waals surface area contributed by atoms with Crippen LogP contribution in [0.15, 0.2) is 50.3 Å². The summed E-state index contributed by atoms with van der Waals surface area (Å²) in [6, 6.07) is 9.30. The summed E-state index contributed by atoms with van der Waals surface area (Å²) in [6.45, 7) is 3.88. The number of oxime groups is 1. The van der Waals surface area contributed by atoms with Crippen LogP contribution in [0.1, 0.15) is 28.4 Å². The number of nitrogens with zero attached hydrogens (tertiary/aromatic N) is 7. The van der Waals surface area contributed by atoms with E-state index in [-0.39, 0.29) is 5.71 Å². The summed E-state index contributed by atoms with van der Waals surface area (Å²) in [5.41, 5.74) is 3.39. The van der Waals surface area contributed by atoms with E-state index in [2.05, 4.69) is 30.4 Å². The molecule has 3 aromatic heterocycles. The minimum absolute atomic E-state index is 0.0868. The first kappa shape index (κ1) is 23.7. The van der Waals surface area contributed by atoms with Crippen molar-refractivity contribution in [3.63, 3.8) is 0 Å². The van der Waals surface area contributed by atoms with Gasteiger partial charge in [-0.05, 0) is 25.5 Å². The van der Waals surface area contributed by atoms with Gasteiger partial charge in [0.25, 0.3) is 11.0 Å². The van der Waals surface area contributed by atoms with Gasteiger partial charge in [0.15, 0.2) is 5.71 Å². The smallest absolute Gasteiger partial charge is 0.360 e. The number of aromatic nitrogens is 6. The van der Waals surface area contributed by atoms with Gasteiger partial charge >= 0.3 is 5.97 Å². The van der Waals surface area contributed by atoms with Gasteiger partial charge in [-0.25, -0.2) is 14.3 Å². The van der Waals surface area contributed by atoms with Crippen LogP contribution in [-0.2, 0) is 25.9 Å². The number of thioether (sulfide) groups is 2. The van der Waals surface area contributed by atoms with Crippen LogP contribution < -0.4 is 0 Å². The second-order valence-corrected chi connectivity index (χ2v) is 8.82. The van der Waals surface area contributed by atoms with Crippen molar-refractivity contribution in [2.45, 2.75) is 35.7 Å². The molecule has 0 saturated carbocycles. The number of carbonyl (C=O) groups is 1. The Bertz CT molecular complexity index is 1350. The predicted octanol–water partition coefficient (Wildman–Crippen LogP) is 3.23. The van der Waals surface area contributed by atoms with Gasteiger partial charge in [0.1, 0.15) is 7.11 Å². The highest BCUT2D eigenvalue weighted by molar-refractivity contribution is 7.98. The Labute approximate surface area is 203 Å². The number of methoxy groups -OCH3 is 1. The highest BCUT2D eigenvalue weighted by Crippen LogP contribution is 2.26. The Balaban J connectivity index is 1.41. The molecule has 0 spiro atoms. The standard InChI is InChI=1S/C21H21N7O4S2/c1-12-9-13(2)28-19(22-12)23-20(26-28)33-11-16-24-25-21(32-16)34-10-14-7-5-6-8-15(14)17(27-31-4)18(29)30-3/h5-9H,10-11H2,1-4H3/b27-17+. The van der Waals surface area contributed by atoms with Crippen molar-refractivity contribution in [2.24, 2.45) is 5.16 Å². The fourth-order valence-corrected chi connectivity index (χ4v) is 4.53. The zero-order valence-electron chi connectivity index (χ0n) is 18.9. The number of hydrogen-bond donors (Lipinski definition) is 0. The first-order valence-corrected chi connectivity index (χ1v) is 12.0. The summed E-state index contributed by atoms with van der Waals surface area (Å²) in [6.07, 6.45) is 0. The second-order valence-electron chi connectivity index (χ2n) is 6.96. The third-order valence-electron chi connectivity index (χ3n) is 4.56. The molecule has 0 aliphatic heterocycles. The van der Waals surface area contributed by atoms with Gasteiger partial charge in [-0.1, -0.05) is 52.9 Å². The molecule has 0 saturated heterocycles. The van der Waals surface area contributed by atoms with Crippen molar-refractivity contribution in [1.29, 1.82) is 0 Å². The van der Waals surface area contributed by atoms with Crippen LogP contribution in [0.25, 0.3) is 5.78 Å². The predicted molar refractivity (Wildman–Crippen MR) is 126 cm³/mol. The Morgan fingerprint density at radius 1 is 1.12 bits per heavy atom. The van der Waals surface area contributed by atoms with E-state index < -0.39 is 5.97 Å². The van der Waals surface area contributed by atoms with Crippen molar-refractivity contribution >= 4 is 41.0 Å². The van der Waals surface area contributed by atoms with E-state index in [0.717, 1.165) is 17.0 Å². The van der Waals surface area contributed by atoms with Gasteiger partial charge in [-0.2, -0.15) is 4.98 Å². The lowest BCUT2D eigenvalue weighted by atomic mass is 10.0. The molecule has 0 aliphatic rings. The van der Waals surface area contributed by atoms with Crippen LogP contribution in [0.4, 0.5) is 0 Å². The van der Waals surface area contributed by atoms with Gasteiger partial charge in [0.2, 0.25) is 11.0 Å². The van der Waals surface area contributed by atoms with Crippen molar-refractivity contribution in [1.82, 2.24) is 29.8 Å². The minimum atomic E-state index is -0.586. The molecule has 4 aromatic rings. The van der Waals surface area contributed by atoms with Crippen molar-refractivity contribution in [3.05, 3.63) is 58.7 Å². The number of esters is 1. The molecule has 0 atom stereocenters. The monoisotopic (exact) mass is 499 g/mol. The number of aryl methyl sites for hydroxylation is 2. The largest absolute Gasteiger partial charge is 0.464 e. The average molecular weight is 500 g/mol. The van der Waals surface area contributed by atoms with Crippen LogP contribution in [-0.4, -0.2) is 55.7 Å². The molecule has 34 heavy (non-hydrogen) atoms. The maximum Gasteiger partial charge on any atom is 0.360 e. The summed E-state index contributed by atoms with van der Waals surface area (Å²) in [7, 11) is 2.67. The summed E-state index contributed by atoms with van der Waals surface area (Å²) < 4.78 is 12.3. The van der Waals surface area contributed by atoms with E-state index in [1.807, 2.05) is 38.1 Å². The lowest BCUT2D eigenvalue weighted by Gasteiger charge is -2.09. The number of benzene rings is 1. The van der Waals surface area contributed by atoms with Crippen molar-refractivity contribution in [3.8, 4) is 0 Å². The molecule has 0 N–H and O–H groups in total. The number of hydrogen-bond acceptors (Lipinski definition) is 12. The summed E-state index contributed by atoms with van der Waals surface area (Å²) in [5, 5.41) is 17.5. The van der Waals surface area contributed by atoms with Crippen LogP contribution in [0.3, 0.4) is 0 Å². The van der Waals surface area contributed by atoms with Gasteiger partial charge in [0, 0.05) is 22.7 Å². The second kappa shape index (κ2) is 10.7. The third-order valence-corrected chi connectivity index (χ3v) is 6.25. The first-order valence-electron chi connectivity index (χ1n) is 10.0. The summed E-state index contributed by atoms with van der Waals surface area (Å²) in [4.78, 5) is 25.8. The average Bonchev–Trinajstić information content (AvgIpc) is 3.46. The molecule has 0 bridgehead atoms. The van der Waals surface area contributed by atoms with E-state index in [4.69, 9.17) is 14.0 Å². The van der Waals surface area contributed by atoms with Crippen molar-refractivity contribution in [2.75, 3.05) is 14.2 Å². The number of carbonyl (C=O) groups excluding carboxylic acids is 1. The molecule has 0 amide bonds. The van der Waals surface area contributed by atoms with E-state index in [9.17, 15) is 4.79 Å². The molecular formula is C21H21N7O4S2. The van der Waals surface area contributed by atoms with E-state index in [1.165, 1.54) is 37.7 Å². The lowest BCUT2D eigenvalue weighted by Crippen LogP contribution is -2.19. The quantitative estimate of drug-likeness (QED) is 0.146. The van der Waals surface area contributed by atoms with Gasteiger partial charge in [-0.15, -0.1) is 15.3 Å². The molecule has 0 unspecified atom stereocenters. The molecule has 4 rings (SSSR count). The molecule has 0 aliphatic carbocycles. The van der Waals surface area contributed by atoms with E-state index >= 15 is 0 Å². The fourth-order valence-electron chi connectivity index (χ4n) is 3.09. The van der Waals surface area contributed by atoms with Crippen molar-refractivity contribution < 1.29 is 18.8 Å². The summed E-state index contributed by atoms with van der Waals surface area (Å²) >= 11 is 2.74. The highest BCUT2D eigenvalue weighted by Gasteiger charge is 2.20. The first-order chi connectivity index (χ1) is 16.5. The molecule has 3 heterocycles. The Morgan fingerprint density at radius 3 is 2.74 bits per heavy atom. The molecule has 13 heteroatoms. The number of rotatable bonds is 9. The number of fused-ring (bicyclic) bond motifs is 1. The lowest BCUT2D eigenvalue weighted by molar-refractivity contribution is -0.132. The molecule has 176 valence electrons. The van der Waals surface area contributed by atoms with Crippen LogP contribution in [0.2, 0.25) is 0 Å². The summed E-state index contributed by atoms with van der Waals surface area (Å²) in [5.74, 6) is 1.33. The molecule has 0 radical (unpaired) electrons. The zero-order valence-corrected chi connectivity index (χ0v) is 20.5. The zero-order chi connectivity index (χ0) is 24.1. The van der Waals surface area contributed by atoms with E-state index in [0.29, 0.717) is 39.1 Å². The normalized spacial score (nSPS) is 11.7. The molecule has 11 nitrogen and oxygen atoms in total. The Hall–Kier alpha value is -3.45. The van der Waals surface area contributed by atoms with Gasteiger partial charge in [-0.3, -0.25) is 0 Å². The molecular weight excluding hydrogens is 478 g/mol. The fraction of sp³-hybridized carbons (Fsp3) is 0.286. The highest BCUT2D eigenvalue weighted by atomic mass is 32.2. The van der Waals surface area contributed by atoms with Crippen LogP contribution >= 0.6 is 23.5 Å². The van der Waals surface area contributed by atoms with Crippen LogP contribution in [0.5, 0.6) is 0 Å². The molecule has 1 aromatic carbocycles. The Kier molecular flexibility index (Phi) is 7.43.